The molecular formula is C33H41N5O5. The van der Waals surface area contributed by atoms with Crippen LogP contribution in [0.4, 0.5) is 11.4 Å². The van der Waals surface area contributed by atoms with Crippen molar-refractivity contribution in [2.45, 2.75) is 70.6 Å². The predicted octanol–water partition coefficient (Wildman–Crippen LogP) is 4.14. The minimum absolute atomic E-state index is 0.0247. The van der Waals surface area contributed by atoms with E-state index in [1.54, 1.807) is 28.8 Å². The number of carbonyl (C=O) groups is 2. The molecule has 1 fully saturated rings. The van der Waals surface area contributed by atoms with E-state index >= 15 is 0 Å². The summed E-state index contributed by atoms with van der Waals surface area (Å²) in [6, 6.07) is 13.2. The van der Waals surface area contributed by atoms with Crippen LogP contribution in [0.1, 0.15) is 62.3 Å². The molecule has 228 valence electrons. The molecule has 43 heavy (non-hydrogen) atoms. The molecule has 0 unspecified atom stereocenters. The van der Waals surface area contributed by atoms with Gasteiger partial charge in [0.15, 0.2) is 5.60 Å². The fourth-order valence-electron chi connectivity index (χ4n) is 5.93. The van der Waals surface area contributed by atoms with Crippen molar-refractivity contribution in [2.24, 2.45) is 5.92 Å². The Morgan fingerprint density at radius 3 is 2.65 bits per heavy atom. The van der Waals surface area contributed by atoms with Gasteiger partial charge in [0, 0.05) is 55.9 Å². The Bertz CT molecular complexity index is 1450. The minimum Gasteiger partial charge on any atom is -0.497 e. The van der Waals surface area contributed by atoms with Crippen molar-refractivity contribution in [3.8, 4) is 5.75 Å². The van der Waals surface area contributed by atoms with E-state index in [-0.39, 0.29) is 25.0 Å². The first-order chi connectivity index (χ1) is 20.8. The average Bonchev–Trinajstić information content (AvgIpc) is 3.54. The van der Waals surface area contributed by atoms with Gasteiger partial charge in [0.2, 0.25) is 5.91 Å². The molecule has 2 amide bonds. The van der Waals surface area contributed by atoms with Crippen LogP contribution in [-0.4, -0.2) is 57.3 Å². The van der Waals surface area contributed by atoms with E-state index in [1.165, 1.54) is 0 Å². The molecule has 10 heteroatoms. The molecule has 1 saturated heterocycles. The number of ether oxygens (including phenoxy) is 1. The van der Waals surface area contributed by atoms with Crippen LogP contribution in [0.2, 0.25) is 0 Å². The highest BCUT2D eigenvalue weighted by Crippen LogP contribution is 2.47. The lowest BCUT2D eigenvalue weighted by Crippen LogP contribution is -2.44. The molecule has 3 heterocycles. The number of aliphatic hydroxyl groups is 2. The number of aryl methyl sites for hydroxylation is 1. The second kappa shape index (κ2) is 13.5. The van der Waals surface area contributed by atoms with Crippen LogP contribution in [0.5, 0.6) is 5.75 Å². The number of nitrogens with zero attached hydrogens (tertiary/aromatic N) is 5. The molecule has 10 nitrogen and oxygen atoms in total. The molecule has 5 rings (SSSR count). The zero-order valence-corrected chi connectivity index (χ0v) is 25.0. The SMILES string of the molecule is COc1ccc2c(c1)[C@](O)([C@@H](C)/C=C/CCn1cc(CCO)nn1)C(=O)N2Cc1ccc(N2CCCCCCC2=O)cc1. The first kappa shape index (κ1) is 30.4. The van der Waals surface area contributed by atoms with Crippen LogP contribution in [0.15, 0.2) is 60.8 Å². The summed E-state index contributed by atoms with van der Waals surface area (Å²) in [6.07, 6.45) is 11.4. The quantitative estimate of drug-likeness (QED) is 0.324. The van der Waals surface area contributed by atoms with Gasteiger partial charge < -0.3 is 24.7 Å². The molecule has 0 radical (unpaired) electrons. The molecule has 2 aliphatic heterocycles. The van der Waals surface area contributed by atoms with E-state index < -0.39 is 11.5 Å². The average molecular weight is 588 g/mol. The van der Waals surface area contributed by atoms with Crippen molar-refractivity contribution in [1.82, 2.24) is 15.0 Å². The Kier molecular flexibility index (Phi) is 9.57. The summed E-state index contributed by atoms with van der Waals surface area (Å²) in [4.78, 5) is 30.2. The number of carbonyl (C=O) groups excluding carboxylic acids is 2. The van der Waals surface area contributed by atoms with E-state index in [1.807, 2.05) is 60.5 Å². The fourth-order valence-corrected chi connectivity index (χ4v) is 5.93. The van der Waals surface area contributed by atoms with E-state index in [9.17, 15) is 14.7 Å². The summed E-state index contributed by atoms with van der Waals surface area (Å²) in [7, 11) is 1.56. The molecule has 2 N–H and O–H groups in total. The van der Waals surface area contributed by atoms with Crippen molar-refractivity contribution in [3.05, 3.63) is 77.6 Å². The smallest absolute Gasteiger partial charge is 0.264 e. The van der Waals surface area contributed by atoms with Gasteiger partial charge in [-0.05, 0) is 55.2 Å². The normalized spacial score (nSPS) is 19.9. The summed E-state index contributed by atoms with van der Waals surface area (Å²) in [5, 5.41) is 29.2. The van der Waals surface area contributed by atoms with Gasteiger partial charge in [0.1, 0.15) is 5.75 Å². The molecule has 2 aliphatic rings. The molecule has 0 aliphatic carbocycles. The Hall–Kier alpha value is -4.02. The molecule has 2 aromatic carbocycles. The Balaban J connectivity index is 1.32. The van der Waals surface area contributed by atoms with Gasteiger partial charge in [-0.15, -0.1) is 5.10 Å². The standard InChI is InChI=1S/C33H41N5O5/c1-24(9-6-8-18-36-23-26(17-20-39)34-35-36)33(42)29-21-28(43-2)15-16-30(29)38(32(33)41)22-25-11-13-27(14-12-25)37-19-7-4-3-5-10-31(37)40/h6,9,11-16,21,23-24,39,42H,3-5,7-8,10,17-20,22H2,1-2H3/b9-6+/t24-,33+/m0/s1. The predicted molar refractivity (Wildman–Crippen MR) is 164 cm³/mol. The lowest BCUT2D eigenvalue weighted by Gasteiger charge is -2.28. The number of aromatic nitrogens is 3. The van der Waals surface area contributed by atoms with Crippen molar-refractivity contribution >= 4 is 23.2 Å². The van der Waals surface area contributed by atoms with Crippen LogP contribution in [0, 0.1) is 5.92 Å². The summed E-state index contributed by atoms with van der Waals surface area (Å²) < 4.78 is 7.16. The maximum Gasteiger partial charge on any atom is 0.264 e. The lowest BCUT2D eigenvalue weighted by molar-refractivity contribution is -0.139. The van der Waals surface area contributed by atoms with E-state index in [2.05, 4.69) is 10.3 Å². The minimum atomic E-state index is -1.77. The van der Waals surface area contributed by atoms with E-state index in [4.69, 9.17) is 9.84 Å². The number of allylic oxidation sites excluding steroid dienone is 1. The monoisotopic (exact) mass is 587 g/mol. The van der Waals surface area contributed by atoms with Gasteiger partial charge in [-0.1, -0.05) is 49.3 Å². The summed E-state index contributed by atoms with van der Waals surface area (Å²) in [6.45, 7) is 3.46. The Morgan fingerprint density at radius 2 is 1.88 bits per heavy atom. The van der Waals surface area contributed by atoms with Gasteiger partial charge in [0.25, 0.3) is 5.91 Å². The van der Waals surface area contributed by atoms with Gasteiger partial charge in [0.05, 0.1) is 25.0 Å². The maximum absolute atomic E-state index is 14.0. The Labute approximate surface area is 252 Å². The fraction of sp³-hybridized carbons (Fsp3) is 0.455. The third-order valence-corrected chi connectivity index (χ3v) is 8.45. The Morgan fingerprint density at radius 1 is 1.09 bits per heavy atom. The van der Waals surface area contributed by atoms with Crippen LogP contribution < -0.4 is 14.5 Å². The second-order valence-electron chi connectivity index (χ2n) is 11.4. The topological polar surface area (TPSA) is 121 Å². The van der Waals surface area contributed by atoms with Crippen molar-refractivity contribution < 1.29 is 24.5 Å². The van der Waals surface area contributed by atoms with Gasteiger partial charge in [-0.25, -0.2) is 0 Å². The summed E-state index contributed by atoms with van der Waals surface area (Å²) in [5.74, 6) is -0.182. The molecule has 0 bridgehead atoms. The van der Waals surface area contributed by atoms with Crippen LogP contribution >= 0.6 is 0 Å². The van der Waals surface area contributed by atoms with Crippen molar-refractivity contribution in [3.63, 3.8) is 0 Å². The van der Waals surface area contributed by atoms with Crippen LogP contribution in [0.25, 0.3) is 0 Å². The number of hydrogen-bond donors (Lipinski definition) is 2. The second-order valence-corrected chi connectivity index (χ2v) is 11.4. The van der Waals surface area contributed by atoms with Crippen LogP contribution in [0.3, 0.4) is 0 Å². The summed E-state index contributed by atoms with van der Waals surface area (Å²) in [5.41, 5.74) is 1.91. The third-order valence-electron chi connectivity index (χ3n) is 8.45. The molecular weight excluding hydrogens is 546 g/mol. The number of aliphatic hydroxyl groups excluding tert-OH is 1. The number of methoxy groups -OCH3 is 1. The highest BCUT2D eigenvalue weighted by atomic mass is 16.5. The van der Waals surface area contributed by atoms with E-state index in [0.29, 0.717) is 42.8 Å². The number of fused-ring (bicyclic) bond motifs is 1. The van der Waals surface area contributed by atoms with Crippen LogP contribution in [-0.2, 0) is 34.7 Å². The zero-order valence-electron chi connectivity index (χ0n) is 25.0. The van der Waals surface area contributed by atoms with Crippen molar-refractivity contribution in [1.29, 1.82) is 0 Å². The van der Waals surface area contributed by atoms with Gasteiger partial charge >= 0.3 is 0 Å². The number of amides is 2. The highest BCUT2D eigenvalue weighted by Gasteiger charge is 2.52. The number of hydrogen-bond acceptors (Lipinski definition) is 7. The third kappa shape index (κ3) is 6.50. The maximum atomic E-state index is 14.0. The lowest BCUT2D eigenvalue weighted by atomic mass is 9.83. The molecule has 0 saturated carbocycles. The molecule has 2 atom stereocenters. The largest absolute Gasteiger partial charge is 0.497 e. The first-order valence-electron chi connectivity index (χ1n) is 15.1. The molecule has 0 spiro atoms. The summed E-state index contributed by atoms with van der Waals surface area (Å²) >= 11 is 0. The number of anilines is 2. The first-order valence-corrected chi connectivity index (χ1v) is 15.1. The molecule has 3 aromatic rings. The van der Waals surface area contributed by atoms with Gasteiger partial charge in [-0.2, -0.15) is 0 Å². The number of benzene rings is 2. The zero-order chi connectivity index (χ0) is 30.4. The highest BCUT2D eigenvalue weighted by molar-refractivity contribution is 6.07. The van der Waals surface area contributed by atoms with Gasteiger partial charge in [-0.3, -0.25) is 14.3 Å². The number of rotatable bonds is 11. The van der Waals surface area contributed by atoms with E-state index in [0.717, 1.165) is 49.2 Å². The van der Waals surface area contributed by atoms with Crippen molar-refractivity contribution in [2.75, 3.05) is 30.1 Å². The molecule has 1 aromatic heterocycles.